The number of para-hydroxylation sites is 1. The Morgan fingerprint density at radius 2 is 1.62 bits per heavy atom. The normalized spacial score (nSPS) is 11.3. The minimum Gasteiger partial charge on any atom is -0.356 e. The van der Waals surface area contributed by atoms with Crippen LogP contribution in [0.25, 0.3) is 6.08 Å². The van der Waals surface area contributed by atoms with Gasteiger partial charge in [-0.1, -0.05) is 69.8 Å². The molecule has 0 bridgehead atoms. The first-order valence-corrected chi connectivity index (χ1v) is 7.20. The van der Waals surface area contributed by atoms with Crippen LogP contribution >= 0.6 is 0 Å². The lowest BCUT2D eigenvalue weighted by Crippen LogP contribution is -1.93. The van der Waals surface area contributed by atoms with Gasteiger partial charge in [-0.25, -0.2) is 0 Å². The summed E-state index contributed by atoms with van der Waals surface area (Å²) in [6.45, 7) is 4.00. The summed E-state index contributed by atoms with van der Waals surface area (Å²) < 4.78 is 0. The molecule has 21 heavy (non-hydrogen) atoms. The monoisotopic (exact) mass is 279 g/mol. The van der Waals surface area contributed by atoms with E-state index in [2.05, 4.69) is 60.0 Å². The van der Waals surface area contributed by atoms with Gasteiger partial charge in [-0.05, 0) is 41.8 Å². The van der Waals surface area contributed by atoms with Crippen LogP contribution in [-0.2, 0) is 6.42 Å². The van der Waals surface area contributed by atoms with Crippen molar-refractivity contribution in [3.05, 3.63) is 77.9 Å². The molecule has 0 saturated heterocycles. The third-order valence-corrected chi connectivity index (χ3v) is 3.07. The molecule has 0 atom stereocenters. The van der Waals surface area contributed by atoms with Crippen LogP contribution in [-0.4, -0.2) is 0 Å². The van der Waals surface area contributed by atoms with E-state index in [1.807, 2.05) is 32.0 Å². The van der Waals surface area contributed by atoms with Crippen molar-refractivity contribution in [3.8, 4) is 0 Å². The molecule has 0 spiro atoms. The van der Waals surface area contributed by atoms with E-state index >= 15 is 0 Å². The van der Waals surface area contributed by atoms with Crippen LogP contribution in [0.3, 0.4) is 0 Å². The van der Waals surface area contributed by atoms with Crippen molar-refractivity contribution in [2.45, 2.75) is 27.7 Å². The number of hydrogen-bond acceptors (Lipinski definition) is 1. The summed E-state index contributed by atoms with van der Waals surface area (Å²) in [5.74, 6) is 0. The number of allylic oxidation sites excluding steroid dienone is 3. The molecule has 0 unspecified atom stereocenters. The molecule has 2 aromatic rings. The smallest absolute Gasteiger partial charge is 0.0387 e. The zero-order valence-corrected chi connectivity index (χ0v) is 12.1. The van der Waals surface area contributed by atoms with Gasteiger partial charge in [0, 0.05) is 11.4 Å². The van der Waals surface area contributed by atoms with Crippen molar-refractivity contribution in [2.24, 2.45) is 0 Å². The molecule has 1 aliphatic rings. The minimum atomic E-state index is 0. The average molecular weight is 279 g/mol. The van der Waals surface area contributed by atoms with Gasteiger partial charge in [0.15, 0.2) is 0 Å². The van der Waals surface area contributed by atoms with Crippen molar-refractivity contribution < 1.29 is 0 Å². The van der Waals surface area contributed by atoms with E-state index in [9.17, 15) is 0 Å². The van der Waals surface area contributed by atoms with Gasteiger partial charge in [-0.3, -0.25) is 0 Å². The Hall–Kier alpha value is -2.28. The molecule has 110 valence electrons. The summed E-state index contributed by atoms with van der Waals surface area (Å²) >= 11 is 0. The fourth-order valence-electron chi connectivity index (χ4n) is 2.14. The summed E-state index contributed by atoms with van der Waals surface area (Å²) in [7, 11) is 0. The lowest BCUT2D eigenvalue weighted by Gasteiger charge is -2.09. The fraction of sp³-hybridized carbons (Fsp3) is 0.200. The van der Waals surface area contributed by atoms with Gasteiger partial charge in [-0.15, -0.1) is 0 Å². The first-order chi connectivity index (χ1) is 9.92. The first-order valence-electron chi connectivity index (χ1n) is 7.20. The molecule has 3 rings (SSSR count). The second kappa shape index (κ2) is 8.80. The number of anilines is 2. The summed E-state index contributed by atoms with van der Waals surface area (Å²) in [5.41, 5.74) is 4.93. The Morgan fingerprint density at radius 1 is 0.857 bits per heavy atom. The van der Waals surface area contributed by atoms with Gasteiger partial charge < -0.3 is 5.32 Å². The average Bonchev–Trinajstić information content (AvgIpc) is 2.75. The Bertz CT molecular complexity index is 594. The van der Waals surface area contributed by atoms with Gasteiger partial charge in [0.2, 0.25) is 0 Å². The van der Waals surface area contributed by atoms with E-state index in [-0.39, 0.29) is 7.43 Å². The number of fused-ring (bicyclic) bond motifs is 1. The molecule has 1 aliphatic carbocycles. The quantitative estimate of drug-likeness (QED) is 0.688. The number of hydrogen-bond donors (Lipinski definition) is 1. The number of rotatable bonds is 2. The van der Waals surface area contributed by atoms with E-state index in [1.165, 1.54) is 11.1 Å². The Labute approximate surface area is 129 Å². The van der Waals surface area contributed by atoms with Crippen molar-refractivity contribution in [1.29, 1.82) is 0 Å². The zero-order chi connectivity index (χ0) is 14.2. The minimum absolute atomic E-state index is 0. The van der Waals surface area contributed by atoms with Gasteiger partial charge in [0.1, 0.15) is 0 Å². The van der Waals surface area contributed by atoms with Crippen LogP contribution in [0, 0.1) is 0 Å². The third kappa shape index (κ3) is 4.64. The molecule has 1 nitrogen and oxygen atoms in total. The predicted molar refractivity (Wildman–Crippen MR) is 96.1 cm³/mol. The maximum Gasteiger partial charge on any atom is 0.0387 e. The summed E-state index contributed by atoms with van der Waals surface area (Å²) in [6, 6.07) is 16.8. The molecular weight excluding hydrogens is 254 g/mol. The van der Waals surface area contributed by atoms with Crippen molar-refractivity contribution >= 4 is 17.5 Å². The molecule has 0 aromatic heterocycles. The van der Waals surface area contributed by atoms with E-state index in [0.717, 1.165) is 17.8 Å². The highest BCUT2D eigenvalue weighted by molar-refractivity contribution is 5.66. The molecule has 0 fully saturated rings. The second-order valence-electron chi connectivity index (χ2n) is 4.40. The number of benzene rings is 2. The molecule has 0 radical (unpaired) electrons. The standard InChI is InChI=1S/C17H15N.C2H6.CH4/c1-3-7-14-11-12-17(13-15(14)8-4-1)18-16-9-5-2-6-10-16;1-2;/h1-7,9-13,18H,8H2;1-2H3;1H4. The topological polar surface area (TPSA) is 12.0 Å². The van der Waals surface area contributed by atoms with E-state index < -0.39 is 0 Å². The lowest BCUT2D eigenvalue weighted by molar-refractivity contribution is 1.26. The lowest BCUT2D eigenvalue weighted by atomic mass is 10.0. The molecule has 1 heteroatoms. The fourth-order valence-corrected chi connectivity index (χ4v) is 2.14. The zero-order valence-electron chi connectivity index (χ0n) is 12.1. The third-order valence-electron chi connectivity index (χ3n) is 3.07. The van der Waals surface area contributed by atoms with Crippen molar-refractivity contribution in [3.63, 3.8) is 0 Å². The molecule has 0 heterocycles. The summed E-state index contributed by atoms with van der Waals surface area (Å²) in [5, 5.41) is 3.43. The molecular formula is C20H25N. The molecule has 0 amide bonds. The summed E-state index contributed by atoms with van der Waals surface area (Å²) in [6.07, 6.45) is 9.53. The maximum atomic E-state index is 3.43. The highest BCUT2D eigenvalue weighted by Crippen LogP contribution is 2.22. The van der Waals surface area contributed by atoms with Crippen LogP contribution in [0.1, 0.15) is 32.4 Å². The van der Waals surface area contributed by atoms with E-state index in [4.69, 9.17) is 0 Å². The van der Waals surface area contributed by atoms with Gasteiger partial charge in [0.25, 0.3) is 0 Å². The predicted octanol–water partition coefficient (Wildman–Crippen LogP) is 6.22. The molecule has 0 saturated carbocycles. The second-order valence-corrected chi connectivity index (χ2v) is 4.40. The highest BCUT2D eigenvalue weighted by Gasteiger charge is 2.02. The number of nitrogens with one attached hydrogen (secondary N) is 1. The SMILES string of the molecule is C.C1=CCc2cc(Nc3ccccc3)ccc2C=C1.CC. The molecule has 2 aromatic carbocycles. The largest absolute Gasteiger partial charge is 0.356 e. The van der Waals surface area contributed by atoms with Crippen molar-refractivity contribution in [1.82, 2.24) is 0 Å². The van der Waals surface area contributed by atoms with Crippen molar-refractivity contribution in [2.75, 3.05) is 5.32 Å². The Balaban J connectivity index is 0.000000706. The van der Waals surface area contributed by atoms with E-state index in [0.29, 0.717) is 0 Å². The molecule has 0 aliphatic heterocycles. The summed E-state index contributed by atoms with van der Waals surface area (Å²) in [4.78, 5) is 0. The van der Waals surface area contributed by atoms with Crippen LogP contribution in [0.5, 0.6) is 0 Å². The van der Waals surface area contributed by atoms with Gasteiger partial charge in [0.05, 0.1) is 0 Å². The van der Waals surface area contributed by atoms with Crippen LogP contribution < -0.4 is 5.32 Å². The van der Waals surface area contributed by atoms with E-state index in [1.54, 1.807) is 0 Å². The molecule has 1 N–H and O–H groups in total. The highest BCUT2D eigenvalue weighted by atomic mass is 14.9. The van der Waals surface area contributed by atoms with Gasteiger partial charge >= 0.3 is 0 Å². The van der Waals surface area contributed by atoms with Crippen LogP contribution in [0.15, 0.2) is 66.8 Å². The first kappa shape index (κ1) is 16.8. The maximum absolute atomic E-state index is 3.43. The van der Waals surface area contributed by atoms with Crippen LogP contribution in [0.4, 0.5) is 11.4 Å². The van der Waals surface area contributed by atoms with Gasteiger partial charge in [-0.2, -0.15) is 0 Å². The Morgan fingerprint density at radius 3 is 2.38 bits per heavy atom. The Kier molecular flexibility index (Phi) is 7.03. The van der Waals surface area contributed by atoms with Crippen LogP contribution in [0.2, 0.25) is 0 Å².